The van der Waals surface area contributed by atoms with E-state index in [1.807, 2.05) is 6.07 Å². The highest BCUT2D eigenvalue weighted by molar-refractivity contribution is 9.10. The summed E-state index contributed by atoms with van der Waals surface area (Å²) in [6, 6.07) is 5.07. The molecule has 0 aliphatic carbocycles. The number of aromatic nitrogens is 2. The molecule has 2 aromatic rings. The van der Waals surface area contributed by atoms with E-state index in [1.54, 1.807) is 23.2 Å². The maximum absolute atomic E-state index is 14.1. The van der Waals surface area contributed by atoms with Gasteiger partial charge in [0.1, 0.15) is 23.0 Å². The van der Waals surface area contributed by atoms with Gasteiger partial charge >= 0.3 is 0 Å². The Morgan fingerprint density at radius 1 is 1.50 bits per heavy atom. The van der Waals surface area contributed by atoms with Crippen LogP contribution in [0, 0.1) is 5.82 Å². The van der Waals surface area contributed by atoms with E-state index in [1.165, 1.54) is 6.07 Å². The Hall–Kier alpha value is -1.24. The molecule has 1 unspecified atom stereocenters. The minimum absolute atomic E-state index is 0.205. The zero-order chi connectivity index (χ0) is 12.5. The molecule has 0 radical (unpaired) electrons. The first-order valence-electron chi connectivity index (χ1n) is 5.58. The van der Waals surface area contributed by atoms with Crippen LogP contribution in [-0.4, -0.2) is 22.7 Å². The molecule has 18 heavy (non-hydrogen) atoms. The van der Waals surface area contributed by atoms with Crippen molar-refractivity contribution in [2.75, 3.05) is 13.2 Å². The third-order valence-corrected chi connectivity index (χ3v) is 3.23. The molecule has 1 aliphatic heterocycles. The van der Waals surface area contributed by atoms with Crippen LogP contribution in [0.3, 0.4) is 0 Å². The average molecular weight is 312 g/mol. The number of ether oxygens (including phenoxy) is 1. The van der Waals surface area contributed by atoms with Crippen molar-refractivity contribution in [2.24, 2.45) is 0 Å². The summed E-state index contributed by atoms with van der Waals surface area (Å²) >= 11 is 3.24. The molecule has 1 aliphatic rings. The van der Waals surface area contributed by atoms with Crippen molar-refractivity contribution in [3.05, 3.63) is 46.7 Å². The van der Waals surface area contributed by atoms with Gasteiger partial charge in [-0.15, -0.1) is 0 Å². The van der Waals surface area contributed by atoms with Crippen LogP contribution < -0.4 is 5.32 Å². The van der Waals surface area contributed by atoms with Gasteiger partial charge in [0.15, 0.2) is 0 Å². The lowest BCUT2D eigenvalue weighted by Crippen LogP contribution is -2.14. The molecular weight excluding hydrogens is 301 g/mol. The van der Waals surface area contributed by atoms with Crippen LogP contribution in [0.15, 0.2) is 35.3 Å². The average Bonchev–Trinajstić information content (AvgIpc) is 2.99. The highest BCUT2D eigenvalue weighted by Gasteiger charge is 2.18. The molecule has 0 saturated carbocycles. The van der Waals surface area contributed by atoms with Crippen molar-refractivity contribution < 1.29 is 9.13 Å². The van der Waals surface area contributed by atoms with Gasteiger partial charge in [-0.2, -0.15) is 0 Å². The first-order chi connectivity index (χ1) is 8.74. The van der Waals surface area contributed by atoms with E-state index < -0.39 is 0 Å². The van der Waals surface area contributed by atoms with Crippen molar-refractivity contribution in [1.82, 2.24) is 14.9 Å². The SMILES string of the molecule is Fc1cc(C2NCCO2)ccc1-n1cnc(Br)c1. The van der Waals surface area contributed by atoms with Crippen molar-refractivity contribution >= 4 is 15.9 Å². The van der Waals surface area contributed by atoms with Gasteiger partial charge in [0.25, 0.3) is 0 Å². The van der Waals surface area contributed by atoms with E-state index in [0.717, 1.165) is 12.1 Å². The zero-order valence-corrected chi connectivity index (χ0v) is 11.0. The summed E-state index contributed by atoms with van der Waals surface area (Å²) in [5, 5.41) is 3.15. The van der Waals surface area contributed by atoms with Crippen molar-refractivity contribution in [3.63, 3.8) is 0 Å². The Bertz CT molecular complexity index is 566. The number of rotatable bonds is 2. The lowest BCUT2D eigenvalue weighted by Gasteiger charge is -2.12. The largest absolute Gasteiger partial charge is 0.358 e. The third kappa shape index (κ3) is 2.19. The standard InChI is InChI=1S/C12H11BrFN3O/c13-11-6-17(7-16-11)10-2-1-8(5-9(10)14)12-15-3-4-18-12/h1-2,5-7,12,15H,3-4H2. The molecule has 4 nitrogen and oxygen atoms in total. The van der Waals surface area contributed by atoms with Crippen molar-refractivity contribution in [1.29, 1.82) is 0 Å². The molecule has 0 bridgehead atoms. The molecule has 1 fully saturated rings. The summed E-state index contributed by atoms with van der Waals surface area (Å²) in [4.78, 5) is 4.01. The molecule has 3 rings (SSSR count). The molecule has 0 spiro atoms. The first kappa shape index (κ1) is 11.8. The van der Waals surface area contributed by atoms with Gasteiger partial charge in [0, 0.05) is 12.7 Å². The number of imidazole rings is 1. The quantitative estimate of drug-likeness (QED) is 0.925. The fourth-order valence-corrected chi connectivity index (χ4v) is 2.28. The second kappa shape index (κ2) is 4.79. The Balaban J connectivity index is 1.93. The molecule has 1 aromatic heterocycles. The number of hydrogen-bond donors (Lipinski definition) is 1. The molecule has 1 N–H and O–H groups in total. The van der Waals surface area contributed by atoms with Crippen LogP contribution in [-0.2, 0) is 4.74 Å². The van der Waals surface area contributed by atoms with Crippen molar-refractivity contribution in [2.45, 2.75) is 6.23 Å². The monoisotopic (exact) mass is 311 g/mol. The lowest BCUT2D eigenvalue weighted by molar-refractivity contribution is 0.102. The molecular formula is C12H11BrFN3O. The summed E-state index contributed by atoms with van der Waals surface area (Å²) in [5.41, 5.74) is 1.27. The van der Waals surface area contributed by atoms with Gasteiger partial charge in [0.05, 0.1) is 12.3 Å². The minimum atomic E-state index is -0.297. The van der Waals surface area contributed by atoms with Gasteiger partial charge < -0.3 is 9.30 Å². The second-order valence-electron chi connectivity index (χ2n) is 4.02. The minimum Gasteiger partial charge on any atom is -0.358 e. The molecule has 94 valence electrons. The topological polar surface area (TPSA) is 39.1 Å². The zero-order valence-electron chi connectivity index (χ0n) is 9.44. The molecule has 1 saturated heterocycles. The van der Waals surface area contributed by atoms with E-state index >= 15 is 0 Å². The van der Waals surface area contributed by atoms with Crippen LogP contribution in [0.1, 0.15) is 11.8 Å². The third-order valence-electron chi connectivity index (χ3n) is 2.82. The van der Waals surface area contributed by atoms with Gasteiger partial charge in [-0.1, -0.05) is 6.07 Å². The van der Waals surface area contributed by atoms with E-state index in [-0.39, 0.29) is 12.0 Å². The van der Waals surface area contributed by atoms with Gasteiger partial charge in [-0.05, 0) is 33.6 Å². The molecule has 6 heteroatoms. The van der Waals surface area contributed by atoms with Crippen LogP contribution in [0.4, 0.5) is 4.39 Å². The molecule has 0 amide bonds. The number of nitrogens with one attached hydrogen (secondary N) is 1. The number of nitrogens with zero attached hydrogens (tertiary/aromatic N) is 2. The number of benzene rings is 1. The fraction of sp³-hybridized carbons (Fsp3) is 0.250. The van der Waals surface area contributed by atoms with Gasteiger partial charge in [0.2, 0.25) is 0 Å². The summed E-state index contributed by atoms with van der Waals surface area (Å²) < 4.78 is 21.8. The maximum atomic E-state index is 14.1. The summed E-state index contributed by atoms with van der Waals surface area (Å²) in [7, 11) is 0. The summed E-state index contributed by atoms with van der Waals surface area (Å²) in [5.74, 6) is -0.297. The van der Waals surface area contributed by atoms with Crippen LogP contribution >= 0.6 is 15.9 Å². The highest BCUT2D eigenvalue weighted by Crippen LogP contribution is 2.23. The Kier molecular flexibility index (Phi) is 3.15. The number of hydrogen-bond acceptors (Lipinski definition) is 3. The first-order valence-corrected chi connectivity index (χ1v) is 6.37. The second-order valence-corrected chi connectivity index (χ2v) is 4.83. The van der Waals surface area contributed by atoms with E-state index in [4.69, 9.17) is 4.74 Å². The molecule has 2 heterocycles. The van der Waals surface area contributed by atoms with Crippen LogP contribution in [0.5, 0.6) is 0 Å². The molecule has 1 atom stereocenters. The Morgan fingerprint density at radius 2 is 2.39 bits per heavy atom. The Morgan fingerprint density at radius 3 is 3.00 bits per heavy atom. The fourth-order valence-electron chi connectivity index (χ4n) is 1.97. The van der Waals surface area contributed by atoms with E-state index in [9.17, 15) is 4.39 Å². The summed E-state index contributed by atoms with van der Waals surface area (Å²) in [6.45, 7) is 1.45. The normalized spacial score (nSPS) is 19.3. The predicted molar refractivity (Wildman–Crippen MR) is 67.9 cm³/mol. The van der Waals surface area contributed by atoms with Gasteiger partial charge in [-0.25, -0.2) is 9.37 Å². The van der Waals surface area contributed by atoms with Crippen molar-refractivity contribution in [3.8, 4) is 5.69 Å². The molecule has 1 aromatic carbocycles. The Labute approximate surface area is 112 Å². The maximum Gasteiger partial charge on any atom is 0.147 e. The number of halogens is 2. The lowest BCUT2D eigenvalue weighted by atomic mass is 10.1. The predicted octanol–water partition coefficient (Wildman–Crippen LogP) is 2.39. The van der Waals surface area contributed by atoms with Gasteiger partial charge in [-0.3, -0.25) is 5.32 Å². The van der Waals surface area contributed by atoms with E-state index in [2.05, 4.69) is 26.2 Å². The smallest absolute Gasteiger partial charge is 0.147 e. The highest BCUT2D eigenvalue weighted by atomic mass is 79.9. The summed E-state index contributed by atoms with van der Waals surface area (Å²) in [6.07, 6.45) is 3.07. The van der Waals surface area contributed by atoms with E-state index in [0.29, 0.717) is 16.9 Å². The van der Waals surface area contributed by atoms with Crippen LogP contribution in [0.2, 0.25) is 0 Å². The van der Waals surface area contributed by atoms with Crippen LogP contribution in [0.25, 0.3) is 5.69 Å².